The van der Waals surface area contributed by atoms with Gasteiger partial charge in [-0.05, 0) is 129 Å². The van der Waals surface area contributed by atoms with Gasteiger partial charge in [-0.1, -0.05) is 177 Å². The Hall–Kier alpha value is -6.72. The molecule has 350 valence electrons. The molecule has 0 N–H and O–H groups in total. The standard InChI is InChI=1S/C66H63BN4/c1-65(2,3)45-27-33-55-49(37-45)59-47(40-19-11-7-12-20-40)29-31-51-62(59)70(55)57-35-44(64-68-53(42-23-15-9-16-24-42)39-54(69-64)43-25-17-10-18-26-43)36-58-61(57)67(51)52-32-30-48(41-21-13-8-14-22-41)60-50-38-46(66(4,5)6)28-34-56(50)71(58)63(52)60/h9-10,15-18,23-41H,7-8,11-14,19-22H2,1-6H3. The van der Waals surface area contributed by atoms with Gasteiger partial charge in [0, 0.05) is 60.6 Å². The average molecular weight is 923 g/mol. The maximum atomic E-state index is 5.55. The lowest BCUT2D eigenvalue weighted by Crippen LogP contribution is -2.59. The zero-order chi connectivity index (χ0) is 47.9. The van der Waals surface area contributed by atoms with Gasteiger partial charge in [-0.25, -0.2) is 9.97 Å². The molecule has 14 rings (SSSR count). The minimum absolute atomic E-state index is 0.00973. The number of aromatic nitrogens is 4. The van der Waals surface area contributed by atoms with Crippen molar-refractivity contribution in [2.75, 3.05) is 0 Å². The first-order chi connectivity index (χ1) is 34.5. The highest BCUT2D eigenvalue weighted by molar-refractivity contribution is 7.00. The maximum absolute atomic E-state index is 5.55. The summed E-state index contributed by atoms with van der Waals surface area (Å²) in [5.41, 5.74) is 23.0. The van der Waals surface area contributed by atoms with Gasteiger partial charge in [0.05, 0.1) is 22.4 Å². The third-order valence-electron chi connectivity index (χ3n) is 17.4. The average Bonchev–Trinajstić information content (AvgIpc) is 3.93. The second-order valence-corrected chi connectivity index (χ2v) is 23.8. The predicted octanol–water partition coefficient (Wildman–Crippen LogP) is 15.5. The first kappa shape index (κ1) is 43.1. The van der Waals surface area contributed by atoms with Gasteiger partial charge in [0.25, 0.3) is 6.71 Å². The van der Waals surface area contributed by atoms with Gasteiger partial charge in [0.15, 0.2) is 5.82 Å². The maximum Gasteiger partial charge on any atom is 0.252 e. The van der Waals surface area contributed by atoms with E-state index in [4.69, 9.17) is 9.97 Å². The van der Waals surface area contributed by atoms with Gasteiger partial charge in [-0.3, -0.25) is 0 Å². The summed E-state index contributed by atoms with van der Waals surface area (Å²) < 4.78 is 5.39. The second-order valence-electron chi connectivity index (χ2n) is 23.8. The number of fused-ring (bicyclic) bond motifs is 10. The molecule has 2 saturated carbocycles. The van der Waals surface area contributed by atoms with Gasteiger partial charge in [0.1, 0.15) is 0 Å². The lowest BCUT2D eigenvalue weighted by Gasteiger charge is -2.35. The highest BCUT2D eigenvalue weighted by Gasteiger charge is 2.43. The van der Waals surface area contributed by atoms with E-state index in [1.807, 2.05) is 0 Å². The Kier molecular flexibility index (Phi) is 9.65. The van der Waals surface area contributed by atoms with Crippen molar-refractivity contribution < 1.29 is 0 Å². The van der Waals surface area contributed by atoms with Crippen LogP contribution in [0.4, 0.5) is 0 Å². The van der Waals surface area contributed by atoms with Crippen LogP contribution in [0.25, 0.3) is 88.9 Å². The molecule has 71 heavy (non-hydrogen) atoms. The molecule has 0 saturated heterocycles. The molecule has 0 spiro atoms. The number of hydrogen-bond acceptors (Lipinski definition) is 2. The monoisotopic (exact) mass is 923 g/mol. The van der Waals surface area contributed by atoms with Gasteiger partial charge in [-0.15, -0.1) is 0 Å². The van der Waals surface area contributed by atoms with Crippen molar-refractivity contribution in [3.8, 4) is 45.3 Å². The highest BCUT2D eigenvalue weighted by atomic mass is 15.0. The highest BCUT2D eigenvalue weighted by Crippen LogP contribution is 2.48. The molecular weight excluding hydrogens is 860 g/mol. The van der Waals surface area contributed by atoms with Crippen LogP contribution in [0.3, 0.4) is 0 Å². The van der Waals surface area contributed by atoms with Crippen LogP contribution >= 0.6 is 0 Å². The molecular formula is C66H63BN4. The Balaban J connectivity index is 1.15. The fourth-order valence-corrected chi connectivity index (χ4v) is 13.8. The van der Waals surface area contributed by atoms with Crippen LogP contribution in [0.1, 0.15) is 140 Å². The Morgan fingerprint density at radius 1 is 0.451 bits per heavy atom. The van der Waals surface area contributed by atoms with Crippen molar-refractivity contribution in [2.45, 2.75) is 128 Å². The first-order valence-corrected chi connectivity index (χ1v) is 26.9. The number of benzene rings is 7. The summed E-state index contributed by atoms with van der Waals surface area (Å²) in [5.74, 6) is 1.85. The van der Waals surface area contributed by atoms with E-state index in [9.17, 15) is 0 Å². The van der Waals surface area contributed by atoms with E-state index in [2.05, 4.69) is 190 Å². The van der Waals surface area contributed by atoms with E-state index in [0.717, 1.165) is 33.9 Å². The summed E-state index contributed by atoms with van der Waals surface area (Å²) >= 11 is 0. The molecule has 0 amide bonds. The Labute approximate surface area is 419 Å². The summed E-state index contributed by atoms with van der Waals surface area (Å²) in [5, 5.41) is 5.72. The van der Waals surface area contributed by atoms with Crippen LogP contribution in [-0.2, 0) is 10.8 Å². The lowest BCUT2D eigenvalue weighted by molar-refractivity contribution is 0.445. The van der Waals surface area contributed by atoms with Gasteiger partial charge < -0.3 is 9.13 Å². The van der Waals surface area contributed by atoms with E-state index in [0.29, 0.717) is 11.8 Å². The lowest BCUT2D eigenvalue weighted by atomic mass is 9.34. The van der Waals surface area contributed by atoms with Crippen LogP contribution < -0.4 is 16.4 Å². The molecule has 3 aromatic heterocycles. The molecule has 10 aromatic rings. The Bertz CT molecular complexity index is 3550. The fraction of sp³-hybridized carbons (Fsp3) is 0.303. The Morgan fingerprint density at radius 3 is 1.31 bits per heavy atom. The molecule has 0 atom stereocenters. The topological polar surface area (TPSA) is 35.6 Å². The van der Waals surface area contributed by atoms with Crippen LogP contribution in [-0.4, -0.2) is 25.8 Å². The number of hydrogen-bond donors (Lipinski definition) is 0. The fourth-order valence-electron chi connectivity index (χ4n) is 13.8. The summed E-state index contributed by atoms with van der Waals surface area (Å²) in [6.45, 7) is 14.2. The van der Waals surface area contributed by atoms with E-state index in [1.54, 1.807) is 11.1 Å². The quantitative estimate of drug-likeness (QED) is 0.161. The van der Waals surface area contributed by atoms with Crippen molar-refractivity contribution in [1.82, 2.24) is 19.1 Å². The molecule has 4 nitrogen and oxygen atoms in total. The first-order valence-electron chi connectivity index (χ1n) is 26.9. The molecule has 7 aromatic carbocycles. The van der Waals surface area contributed by atoms with Crippen molar-refractivity contribution in [3.63, 3.8) is 0 Å². The van der Waals surface area contributed by atoms with Crippen molar-refractivity contribution in [3.05, 3.63) is 162 Å². The number of nitrogens with zero attached hydrogens (tertiary/aromatic N) is 4. The normalized spacial score (nSPS) is 16.2. The van der Waals surface area contributed by atoms with Crippen LogP contribution in [0.5, 0.6) is 0 Å². The second kappa shape index (κ2) is 15.9. The molecule has 0 unspecified atom stereocenters. The smallest absolute Gasteiger partial charge is 0.252 e. The number of rotatable bonds is 5. The molecule has 0 radical (unpaired) electrons. The van der Waals surface area contributed by atoms with Crippen LogP contribution in [0.15, 0.2) is 140 Å². The molecule has 2 fully saturated rings. The molecule has 4 aliphatic rings. The molecule has 5 heterocycles. The largest absolute Gasteiger partial charge is 0.310 e. The zero-order valence-electron chi connectivity index (χ0n) is 42.4. The van der Waals surface area contributed by atoms with Crippen molar-refractivity contribution in [2.24, 2.45) is 0 Å². The SMILES string of the molecule is CC(C)(C)c1ccc2c(c1)c1c(C3CCCCC3)ccc3c1n2-c1cc(-c2nc(-c4ccccc4)cc(-c4ccccc4)n2)cc2c1B3c1ccc(C3CCCCC3)c3c4cc(C(C)(C)C)ccc4n-2c13. The van der Waals surface area contributed by atoms with Gasteiger partial charge >= 0.3 is 0 Å². The van der Waals surface area contributed by atoms with E-state index in [-0.39, 0.29) is 17.5 Å². The summed E-state index contributed by atoms with van der Waals surface area (Å²) in [6.07, 6.45) is 12.9. The zero-order valence-corrected chi connectivity index (χ0v) is 42.4. The van der Waals surface area contributed by atoms with E-state index >= 15 is 0 Å². The van der Waals surface area contributed by atoms with Gasteiger partial charge in [-0.2, -0.15) is 0 Å². The summed E-state index contributed by atoms with van der Waals surface area (Å²) in [4.78, 5) is 11.1. The molecule has 2 aliphatic carbocycles. The summed E-state index contributed by atoms with van der Waals surface area (Å²) in [7, 11) is 0. The predicted molar refractivity (Wildman–Crippen MR) is 301 cm³/mol. The van der Waals surface area contributed by atoms with Gasteiger partial charge in [0.2, 0.25) is 0 Å². The van der Waals surface area contributed by atoms with Crippen LogP contribution in [0.2, 0.25) is 0 Å². The van der Waals surface area contributed by atoms with E-state index < -0.39 is 0 Å². The summed E-state index contributed by atoms with van der Waals surface area (Å²) in [6, 6.07) is 53.6. The van der Waals surface area contributed by atoms with Crippen LogP contribution in [0, 0.1) is 0 Å². The third-order valence-corrected chi connectivity index (χ3v) is 17.4. The van der Waals surface area contributed by atoms with E-state index in [1.165, 1.54) is 147 Å². The minimum Gasteiger partial charge on any atom is -0.310 e. The third kappa shape index (κ3) is 6.63. The van der Waals surface area contributed by atoms with Crippen molar-refractivity contribution in [1.29, 1.82) is 0 Å². The Morgan fingerprint density at radius 2 is 0.887 bits per heavy atom. The van der Waals surface area contributed by atoms with Crippen molar-refractivity contribution >= 4 is 66.7 Å². The molecule has 5 heteroatoms. The molecule has 0 bridgehead atoms. The minimum atomic E-state index is 0.00973. The molecule has 2 aliphatic heterocycles.